The van der Waals surface area contributed by atoms with E-state index in [1.165, 1.54) is 20.4 Å². The van der Waals surface area contributed by atoms with Gasteiger partial charge in [-0.15, -0.1) is 0 Å². The number of ether oxygens (including phenoxy) is 3. The van der Waals surface area contributed by atoms with Crippen molar-refractivity contribution in [2.45, 2.75) is 13.2 Å². The Morgan fingerprint density at radius 2 is 1.96 bits per heavy atom. The van der Waals surface area contributed by atoms with Gasteiger partial charge in [0.05, 0.1) is 13.2 Å². The molecule has 0 atom stereocenters. The van der Waals surface area contributed by atoms with Gasteiger partial charge in [0.1, 0.15) is 17.4 Å². The Morgan fingerprint density at radius 1 is 1.30 bits per heavy atom. The van der Waals surface area contributed by atoms with Crippen LogP contribution >= 0.6 is 0 Å². The maximum Gasteiger partial charge on any atom is 0.267 e. The maximum atomic E-state index is 12.0. The van der Waals surface area contributed by atoms with E-state index in [9.17, 15) is 4.79 Å². The van der Waals surface area contributed by atoms with Gasteiger partial charge in [-0.3, -0.25) is 4.79 Å². The normalized spacial score (nSPS) is 11.0. The van der Waals surface area contributed by atoms with Crippen LogP contribution < -0.4 is 15.4 Å². The van der Waals surface area contributed by atoms with Gasteiger partial charge in [-0.1, -0.05) is 0 Å². The van der Waals surface area contributed by atoms with Gasteiger partial charge in [0.15, 0.2) is 6.29 Å². The summed E-state index contributed by atoms with van der Waals surface area (Å²) in [6, 6.07) is 8.74. The fourth-order valence-corrected chi connectivity index (χ4v) is 1.67. The molecule has 1 aromatic carbocycles. The van der Waals surface area contributed by atoms with Gasteiger partial charge in [0.25, 0.3) is 5.91 Å². The minimum Gasteiger partial charge on any atom is -0.494 e. The van der Waals surface area contributed by atoms with Crippen LogP contribution in [0, 0.1) is 11.3 Å². The predicted octanol–water partition coefficient (Wildman–Crippen LogP) is 1.64. The summed E-state index contributed by atoms with van der Waals surface area (Å²) in [6.07, 6.45) is 0.870. The molecule has 1 amide bonds. The quantitative estimate of drug-likeness (QED) is 0.408. The average molecular weight is 319 g/mol. The van der Waals surface area contributed by atoms with E-state index >= 15 is 0 Å². The lowest BCUT2D eigenvalue weighted by atomic mass is 10.2. The molecule has 0 aromatic heterocycles. The van der Waals surface area contributed by atoms with Crippen molar-refractivity contribution in [1.82, 2.24) is 5.32 Å². The van der Waals surface area contributed by atoms with Crippen molar-refractivity contribution < 1.29 is 19.0 Å². The van der Waals surface area contributed by atoms with Crippen LogP contribution in [0.4, 0.5) is 5.69 Å². The first-order valence-corrected chi connectivity index (χ1v) is 7.08. The highest BCUT2D eigenvalue weighted by Gasteiger charge is 2.10. The summed E-state index contributed by atoms with van der Waals surface area (Å²) in [4.78, 5) is 12.0. The van der Waals surface area contributed by atoms with E-state index in [0.717, 1.165) is 0 Å². The van der Waals surface area contributed by atoms with E-state index in [2.05, 4.69) is 10.6 Å². The van der Waals surface area contributed by atoms with Gasteiger partial charge in [-0.2, -0.15) is 5.26 Å². The number of nitriles is 1. The summed E-state index contributed by atoms with van der Waals surface area (Å²) in [7, 11) is 3.01. The van der Waals surface area contributed by atoms with Crippen LogP contribution in [0.3, 0.4) is 0 Å². The third-order valence-electron chi connectivity index (χ3n) is 2.84. The molecular weight excluding hydrogens is 298 g/mol. The number of methoxy groups -OCH3 is 2. The van der Waals surface area contributed by atoms with E-state index in [1.54, 1.807) is 24.3 Å². The third-order valence-corrected chi connectivity index (χ3v) is 2.84. The summed E-state index contributed by atoms with van der Waals surface area (Å²) in [5.74, 6) is 0.212. The number of rotatable bonds is 9. The molecule has 0 radical (unpaired) electrons. The zero-order chi connectivity index (χ0) is 17.1. The molecule has 0 heterocycles. The molecule has 0 unspecified atom stereocenters. The van der Waals surface area contributed by atoms with Crippen molar-refractivity contribution >= 4 is 11.6 Å². The van der Waals surface area contributed by atoms with Crippen molar-refractivity contribution in [2.75, 3.05) is 32.7 Å². The molecule has 1 rings (SSSR count). The molecule has 1 aromatic rings. The Balaban J connectivity index is 2.61. The molecule has 0 aliphatic carbocycles. The Morgan fingerprint density at radius 3 is 2.48 bits per heavy atom. The Kier molecular flexibility index (Phi) is 8.21. The van der Waals surface area contributed by atoms with Crippen LogP contribution in [0.5, 0.6) is 5.75 Å². The van der Waals surface area contributed by atoms with Gasteiger partial charge in [0.2, 0.25) is 0 Å². The second kappa shape index (κ2) is 10.2. The number of benzene rings is 1. The molecular formula is C16H21N3O4. The molecule has 0 aliphatic rings. The van der Waals surface area contributed by atoms with Crippen LogP contribution in [0.1, 0.15) is 6.92 Å². The van der Waals surface area contributed by atoms with Gasteiger partial charge < -0.3 is 24.8 Å². The average Bonchev–Trinajstić information content (AvgIpc) is 2.57. The van der Waals surface area contributed by atoms with Crippen molar-refractivity contribution in [3.63, 3.8) is 0 Å². The second-order valence-corrected chi connectivity index (χ2v) is 4.39. The zero-order valence-corrected chi connectivity index (χ0v) is 13.5. The van der Waals surface area contributed by atoms with Crippen molar-refractivity contribution in [2.24, 2.45) is 0 Å². The standard InChI is InChI=1S/C16H21N3O4/c1-4-23-14-7-5-13(6-8-14)19-16(20)12(9-17)10-18-11-15(21-2)22-3/h5-8,10,15,18H,4,11H2,1-3H3,(H,19,20)/b12-10-. The highest BCUT2D eigenvalue weighted by atomic mass is 16.7. The molecule has 0 spiro atoms. The highest BCUT2D eigenvalue weighted by molar-refractivity contribution is 6.06. The van der Waals surface area contributed by atoms with Crippen LogP contribution in [-0.2, 0) is 14.3 Å². The third kappa shape index (κ3) is 6.38. The van der Waals surface area contributed by atoms with E-state index in [-0.39, 0.29) is 5.57 Å². The van der Waals surface area contributed by atoms with E-state index in [0.29, 0.717) is 24.6 Å². The Bertz CT molecular complexity index is 560. The zero-order valence-electron chi connectivity index (χ0n) is 13.5. The minimum absolute atomic E-state index is 0.0511. The number of hydrogen-bond acceptors (Lipinski definition) is 6. The van der Waals surface area contributed by atoms with Crippen LogP contribution in [0.25, 0.3) is 0 Å². The van der Waals surface area contributed by atoms with E-state index in [4.69, 9.17) is 19.5 Å². The molecule has 0 saturated heterocycles. The predicted molar refractivity (Wildman–Crippen MR) is 85.7 cm³/mol. The first kappa shape index (κ1) is 18.5. The van der Waals surface area contributed by atoms with Gasteiger partial charge in [-0.25, -0.2) is 0 Å². The topological polar surface area (TPSA) is 92.6 Å². The van der Waals surface area contributed by atoms with Crippen molar-refractivity contribution in [1.29, 1.82) is 5.26 Å². The summed E-state index contributed by atoms with van der Waals surface area (Å²) in [5, 5.41) is 14.5. The summed E-state index contributed by atoms with van der Waals surface area (Å²) < 4.78 is 15.3. The SMILES string of the molecule is CCOc1ccc(NC(=O)/C(C#N)=C\NCC(OC)OC)cc1. The second-order valence-electron chi connectivity index (χ2n) is 4.39. The number of amides is 1. The summed E-state index contributed by atoms with van der Waals surface area (Å²) in [6.45, 7) is 2.78. The monoisotopic (exact) mass is 319 g/mol. The van der Waals surface area contributed by atoms with Gasteiger partial charge in [0, 0.05) is 26.1 Å². The van der Waals surface area contributed by atoms with Crippen molar-refractivity contribution in [3.8, 4) is 11.8 Å². The lowest BCUT2D eigenvalue weighted by molar-refractivity contribution is -0.112. The van der Waals surface area contributed by atoms with E-state index in [1.807, 2.05) is 13.0 Å². The number of hydrogen-bond donors (Lipinski definition) is 2. The largest absolute Gasteiger partial charge is 0.494 e. The fourth-order valence-electron chi connectivity index (χ4n) is 1.67. The fraction of sp³-hybridized carbons (Fsp3) is 0.375. The molecule has 0 aliphatic heterocycles. The smallest absolute Gasteiger partial charge is 0.267 e. The maximum absolute atomic E-state index is 12.0. The molecule has 7 heteroatoms. The Labute approximate surface area is 135 Å². The molecule has 0 saturated carbocycles. The molecule has 7 nitrogen and oxygen atoms in total. The van der Waals surface area contributed by atoms with Crippen LogP contribution in [-0.4, -0.2) is 39.6 Å². The number of carbonyl (C=O) groups is 1. The van der Waals surface area contributed by atoms with Crippen LogP contribution in [0.15, 0.2) is 36.0 Å². The first-order chi connectivity index (χ1) is 11.1. The Hall–Kier alpha value is -2.56. The van der Waals surface area contributed by atoms with E-state index < -0.39 is 12.2 Å². The number of nitrogens with one attached hydrogen (secondary N) is 2. The van der Waals surface area contributed by atoms with Gasteiger partial charge in [-0.05, 0) is 31.2 Å². The number of anilines is 1. The highest BCUT2D eigenvalue weighted by Crippen LogP contribution is 2.16. The number of nitrogens with zero attached hydrogens (tertiary/aromatic N) is 1. The minimum atomic E-state index is -0.504. The number of carbonyl (C=O) groups excluding carboxylic acids is 1. The molecule has 0 bridgehead atoms. The lowest BCUT2D eigenvalue weighted by Crippen LogP contribution is -2.27. The molecule has 2 N–H and O–H groups in total. The lowest BCUT2D eigenvalue weighted by Gasteiger charge is -2.13. The molecule has 124 valence electrons. The van der Waals surface area contributed by atoms with Crippen molar-refractivity contribution in [3.05, 3.63) is 36.0 Å². The molecule has 0 fully saturated rings. The van der Waals surface area contributed by atoms with Gasteiger partial charge >= 0.3 is 0 Å². The molecule has 23 heavy (non-hydrogen) atoms. The van der Waals surface area contributed by atoms with Crippen LogP contribution in [0.2, 0.25) is 0 Å². The summed E-state index contributed by atoms with van der Waals surface area (Å²) >= 11 is 0. The summed E-state index contributed by atoms with van der Waals surface area (Å²) in [5.41, 5.74) is 0.524. The first-order valence-electron chi connectivity index (χ1n) is 7.08.